The summed E-state index contributed by atoms with van der Waals surface area (Å²) in [6.07, 6.45) is 0. The van der Waals surface area contributed by atoms with Crippen molar-refractivity contribution in [3.8, 4) is 0 Å². The highest BCUT2D eigenvalue weighted by molar-refractivity contribution is 5.84. The summed E-state index contributed by atoms with van der Waals surface area (Å²) in [5, 5.41) is 11.7. The number of carboxylic acids is 1. The van der Waals surface area contributed by atoms with Gasteiger partial charge >= 0.3 is 5.97 Å². The summed E-state index contributed by atoms with van der Waals surface area (Å²) in [5.74, 6) is -0.433. The molecule has 14 heavy (non-hydrogen) atoms. The number of aromatic carboxylic acids is 1. The van der Waals surface area contributed by atoms with Crippen molar-refractivity contribution in [1.29, 1.82) is 0 Å². The van der Waals surface area contributed by atoms with Crippen molar-refractivity contribution in [2.45, 2.75) is 13.5 Å². The molecule has 0 saturated carbocycles. The van der Waals surface area contributed by atoms with Crippen molar-refractivity contribution >= 4 is 5.97 Å². The van der Waals surface area contributed by atoms with Crippen molar-refractivity contribution in [1.82, 2.24) is 5.32 Å². The molecule has 78 valence electrons. The molecule has 0 amide bonds. The highest BCUT2D eigenvalue weighted by Crippen LogP contribution is 2.14. The quantitative estimate of drug-likeness (QED) is 0.593. The Bertz CT molecular complexity index is 320. The van der Waals surface area contributed by atoms with Gasteiger partial charge in [0.25, 0.3) is 0 Å². The van der Waals surface area contributed by atoms with Gasteiger partial charge in [-0.15, -0.1) is 0 Å². The fourth-order valence-corrected chi connectivity index (χ4v) is 1.13. The van der Waals surface area contributed by atoms with E-state index in [0.717, 1.165) is 5.56 Å². The zero-order valence-corrected chi connectivity index (χ0v) is 8.04. The van der Waals surface area contributed by atoms with Crippen LogP contribution in [0.25, 0.3) is 0 Å². The third kappa shape index (κ3) is 2.58. The second-order valence-electron chi connectivity index (χ2n) is 2.96. The topological polar surface area (TPSA) is 88.5 Å². The molecule has 1 rings (SSSR count). The third-order valence-electron chi connectivity index (χ3n) is 1.87. The maximum atomic E-state index is 10.6. The van der Waals surface area contributed by atoms with Crippen molar-refractivity contribution in [2.24, 2.45) is 5.73 Å². The van der Waals surface area contributed by atoms with Gasteiger partial charge in [0.1, 0.15) is 5.76 Å². The number of hydrogen-bond donors (Lipinski definition) is 3. The van der Waals surface area contributed by atoms with Gasteiger partial charge in [0.2, 0.25) is 5.76 Å². The maximum Gasteiger partial charge on any atom is 0.371 e. The van der Waals surface area contributed by atoms with Crippen molar-refractivity contribution in [2.75, 3.05) is 13.1 Å². The van der Waals surface area contributed by atoms with Gasteiger partial charge in [-0.05, 0) is 13.0 Å². The fraction of sp³-hybridized carbons (Fsp3) is 0.444. The van der Waals surface area contributed by atoms with Crippen molar-refractivity contribution < 1.29 is 14.3 Å². The number of nitrogens with two attached hydrogens (primary N) is 1. The fourth-order valence-electron chi connectivity index (χ4n) is 1.13. The predicted octanol–water partition coefficient (Wildman–Crippen LogP) is 0.335. The Labute approximate surface area is 81.9 Å². The molecule has 1 aromatic heterocycles. The summed E-state index contributed by atoms with van der Waals surface area (Å²) < 4.78 is 5.04. The molecule has 0 saturated heterocycles. The highest BCUT2D eigenvalue weighted by Gasteiger charge is 2.12. The van der Waals surface area contributed by atoms with Gasteiger partial charge in [0.05, 0.1) is 0 Å². The minimum absolute atomic E-state index is 0.0213. The molecule has 0 radical (unpaired) electrons. The third-order valence-corrected chi connectivity index (χ3v) is 1.87. The lowest BCUT2D eigenvalue weighted by Crippen LogP contribution is -2.21. The number of furan rings is 1. The SMILES string of the molecule is Cc1oc(C(=O)O)cc1CNCCN. The normalized spacial score (nSPS) is 10.4. The Morgan fingerprint density at radius 3 is 2.93 bits per heavy atom. The average molecular weight is 198 g/mol. The van der Waals surface area contributed by atoms with E-state index in [2.05, 4.69) is 5.32 Å². The molecule has 5 nitrogen and oxygen atoms in total. The van der Waals surface area contributed by atoms with Crippen molar-refractivity contribution in [3.63, 3.8) is 0 Å². The monoisotopic (exact) mass is 198 g/mol. The molecule has 4 N–H and O–H groups in total. The Hall–Kier alpha value is -1.33. The zero-order valence-electron chi connectivity index (χ0n) is 8.04. The first-order valence-corrected chi connectivity index (χ1v) is 4.38. The smallest absolute Gasteiger partial charge is 0.371 e. The van der Waals surface area contributed by atoms with E-state index in [0.29, 0.717) is 25.4 Å². The molecular formula is C9H14N2O3. The largest absolute Gasteiger partial charge is 0.475 e. The van der Waals surface area contributed by atoms with Gasteiger partial charge in [-0.1, -0.05) is 0 Å². The van der Waals surface area contributed by atoms with E-state index in [9.17, 15) is 4.79 Å². The summed E-state index contributed by atoms with van der Waals surface area (Å²) in [4.78, 5) is 10.6. The summed E-state index contributed by atoms with van der Waals surface area (Å²) in [6.45, 7) is 3.58. The minimum atomic E-state index is -1.04. The summed E-state index contributed by atoms with van der Waals surface area (Å²) in [6, 6.07) is 1.53. The Morgan fingerprint density at radius 2 is 2.43 bits per heavy atom. The van der Waals surface area contributed by atoms with E-state index in [4.69, 9.17) is 15.3 Å². The number of aryl methyl sites for hydroxylation is 1. The van der Waals surface area contributed by atoms with Crippen LogP contribution in [-0.4, -0.2) is 24.2 Å². The lowest BCUT2D eigenvalue weighted by atomic mass is 10.2. The second-order valence-corrected chi connectivity index (χ2v) is 2.96. The summed E-state index contributed by atoms with van der Waals surface area (Å²) in [5.41, 5.74) is 6.16. The van der Waals surface area contributed by atoms with Crippen LogP contribution in [0.2, 0.25) is 0 Å². The van der Waals surface area contributed by atoms with E-state index in [-0.39, 0.29) is 5.76 Å². The van der Waals surface area contributed by atoms with Crippen LogP contribution in [0.15, 0.2) is 10.5 Å². The molecule has 0 atom stereocenters. The number of rotatable bonds is 5. The van der Waals surface area contributed by atoms with Crippen LogP contribution in [0.1, 0.15) is 21.9 Å². The first kappa shape index (κ1) is 10.7. The van der Waals surface area contributed by atoms with Crippen LogP contribution < -0.4 is 11.1 Å². The second kappa shape index (κ2) is 4.78. The van der Waals surface area contributed by atoms with Gasteiger partial charge in [-0.3, -0.25) is 0 Å². The van der Waals surface area contributed by atoms with E-state index < -0.39 is 5.97 Å². The van der Waals surface area contributed by atoms with E-state index in [1.165, 1.54) is 6.07 Å². The molecule has 0 aliphatic rings. The van der Waals surface area contributed by atoms with E-state index >= 15 is 0 Å². The zero-order chi connectivity index (χ0) is 10.6. The Balaban J connectivity index is 2.63. The standard InChI is InChI=1S/C9H14N2O3/c1-6-7(5-11-3-2-10)4-8(14-6)9(12)13/h4,11H,2-3,5,10H2,1H3,(H,12,13). The minimum Gasteiger partial charge on any atom is -0.475 e. The summed E-state index contributed by atoms with van der Waals surface area (Å²) >= 11 is 0. The molecule has 1 aromatic rings. The van der Waals surface area contributed by atoms with Crippen LogP contribution in [0.3, 0.4) is 0 Å². The van der Waals surface area contributed by atoms with Gasteiger partial charge < -0.3 is 20.6 Å². The van der Waals surface area contributed by atoms with Crippen LogP contribution >= 0.6 is 0 Å². The Kier molecular flexibility index (Phi) is 3.67. The van der Waals surface area contributed by atoms with Gasteiger partial charge in [-0.2, -0.15) is 0 Å². The lowest BCUT2D eigenvalue weighted by molar-refractivity contribution is 0.0661. The van der Waals surface area contributed by atoms with Gasteiger partial charge in [0, 0.05) is 25.2 Å². The van der Waals surface area contributed by atoms with Gasteiger partial charge in [0.15, 0.2) is 0 Å². The van der Waals surface area contributed by atoms with Gasteiger partial charge in [-0.25, -0.2) is 4.79 Å². The molecule has 0 unspecified atom stereocenters. The number of carbonyl (C=O) groups is 1. The van der Waals surface area contributed by atoms with Crippen LogP contribution in [0, 0.1) is 6.92 Å². The van der Waals surface area contributed by atoms with E-state index in [1.807, 2.05) is 0 Å². The van der Waals surface area contributed by atoms with Crippen LogP contribution in [0.5, 0.6) is 0 Å². The van der Waals surface area contributed by atoms with Crippen LogP contribution in [-0.2, 0) is 6.54 Å². The maximum absolute atomic E-state index is 10.6. The highest BCUT2D eigenvalue weighted by atomic mass is 16.4. The molecule has 0 bridgehead atoms. The molecular weight excluding hydrogens is 184 g/mol. The van der Waals surface area contributed by atoms with Crippen molar-refractivity contribution in [3.05, 3.63) is 23.2 Å². The van der Waals surface area contributed by atoms with Crippen LogP contribution in [0.4, 0.5) is 0 Å². The molecule has 0 aromatic carbocycles. The average Bonchev–Trinajstić information content (AvgIpc) is 2.49. The summed E-state index contributed by atoms with van der Waals surface area (Å²) in [7, 11) is 0. The van der Waals surface area contributed by atoms with E-state index in [1.54, 1.807) is 6.92 Å². The number of hydrogen-bond acceptors (Lipinski definition) is 4. The predicted molar refractivity (Wildman–Crippen MR) is 51.2 cm³/mol. The first-order valence-electron chi connectivity index (χ1n) is 4.38. The molecule has 0 aliphatic heterocycles. The molecule has 0 fully saturated rings. The lowest BCUT2D eigenvalue weighted by Gasteiger charge is -1.99. The molecule has 0 aliphatic carbocycles. The number of nitrogens with one attached hydrogen (secondary N) is 1. The molecule has 1 heterocycles. The Morgan fingerprint density at radius 1 is 1.71 bits per heavy atom. The first-order chi connectivity index (χ1) is 6.65. The molecule has 0 spiro atoms. The number of carboxylic acid groups (broad SMARTS) is 1. The molecule has 5 heteroatoms.